The molecule has 0 fully saturated rings. The molecule has 22 heavy (non-hydrogen) atoms. The van der Waals surface area contributed by atoms with E-state index < -0.39 is 5.60 Å². The summed E-state index contributed by atoms with van der Waals surface area (Å²) in [4.78, 5) is 0. The molecule has 2 atom stereocenters. The van der Waals surface area contributed by atoms with E-state index in [4.69, 9.17) is 0 Å². The van der Waals surface area contributed by atoms with E-state index in [-0.39, 0.29) is 11.5 Å². The molecule has 0 spiro atoms. The second-order valence-corrected chi connectivity index (χ2v) is 7.17. The van der Waals surface area contributed by atoms with Crippen molar-refractivity contribution >= 4 is 0 Å². The molecule has 2 N–H and O–H groups in total. The average molecular weight is 302 g/mol. The van der Waals surface area contributed by atoms with Crippen molar-refractivity contribution in [1.82, 2.24) is 0 Å². The average Bonchev–Trinajstić information content (AvgIpc) is 2.36. The Morgan fingerprint density at radius 1 is 1.41 bits per heavy atom. The normalized spacial score (nSPS) is 25.8. The Bertz CT molecular complexity index is 528. The Kier molecular flexibility index (Phi) is 6.16. The Hall–Kier alpha value is -1.38. The van der Waals surface area contributed by atoms with E-state index >= 15 is 0 Å². The summed E-state index contributed by atoms with van der Waals surface area (Å²) in [7, 11) is 0. The van der Waals surface area contributed by atoms with Crippen LogP contribution in [0, 0.1) is 5.41 Å². The summed E-state index contributed by atoms with van der Waals surface area (Å²) >= 11 is 0. The zero-order valence-electron chi connectivity index (χ0n) is 14.6. The van der Waals surface area contributed by atoms with Crippen LogP contribution in [-0.4, -0.2) is 21.9 Å². The minimum absolute atomic E-state index is 0.000873. The summed E-state index contributed by atoms with van der Waals surface area (Å²) in [6.07, 6.45) is 12.6. The molecule has 0 radical (unpaired) electrons. The highest BCUT2D eigenvalue weighted by molar-refractivity contribution is 5.37. The highest BCUT2D eigenvalue weighted by Gasteiger charge is 2.31. The molecular formula is C20H30O2. The zero-order chi connectivity index (χ0) is 17.0. The van der Waals surface area contributed by atoms with Crippen molar-refractivity contribution in [2.75, 3.05) is 0 Å². The second-order valence-electron chi connectivity index (χ2n) is 7.17. The Morgan fingerprint density at radius 3 is 2.59 bits per heavy atom. The SMILES string of the molecule is C=CC(C)(O)C=CC=C(C)C=CC1=C(C)CC(O)CC1(C)C. The first kappa shape index (κ1) is 18.7. The molecule has 0 aromatic heterocycles. The van der Waals surface area contributed by atoms with Gasteiger partial charge in [-0.1, -0.05) is 62.0 Å². The van der Waals surface area contributed by atoms with Gasteiger partial charge in [-0.3, -0.25) is 0 Å². The molecule has 122 valence electrons. The lowest BCUT2D eigenvalue weighted by Crippen LogP contribution is -2.28. The fraction of sp³-hybridized carbons (Fsp3) is 0.500. The Labute approximate surface area is 135 Å². The molecule has 0 aromatic carbocycles. The van der Waals surface area contributed by atoms with Crippen molar-refractivity contribution in [1.29, 1.82) is 0 Å². The summed E-state index contributed by atoms with van der Waals surface area (Å²) in [6, 6.07) is 0. The predicted octanol–water partition coefficient (Wildman–Crippen LogP) is 4.48. The lowest BCUT2D eigenvalue weighted by atomic mass is 9.71. The summed E-state index contributed by atoms with van der Waals surface area (Å²) in [6.45, 7) is 13.8. The molecule has 0 saturated carbocycles. The molecule has 0 aromatic rings. The van der Waals surface area contributed by atoms with Gasteiger partial charge in [0.1, 0.15) is 0 Å². The number of rotatable bonds is 5. The summed E-state index contributed by atoms with van der Waals surface area (Å²) in [5, 5.41) is 19.7. The van der Waals surface area contributed by atoms with Gasteiger partial charge in [0.2, 0.25) is 0 Å². The minimum atomic E-state index is -0.971. The largest absolute Gasteiger partial charge is 0.393 e. The molecule has 2 unspecified atom stereocenters. The molecule has 1 aliphatic rings. The molecule has 0 heterocycles. The van der Waals surface area contributed by atoms with Crippen LogP contribution in [0.5, 0.6) is 0 Å². The van der Waals surface area contributed by atoms with Crippen LogP contribution >= 0.6 is 0 Å². The summed E-state index contributed by atoms with van der Waals surface area (Å²) in [5.74, 6) is 0. The number of hydrogen-bond acceptors (Lipinski definition) is 2. The van der Waals surface area contributed by atoms with Gasteiger partial charge in [0.15, 0.2) is 0 Å². The van der Waals surface area contributed by atoms with Crippen molar-refractivity contribution < 1.29 is 10.2 Å². The Balaban J connectivity index is 2.87. The van der Waals surface area contributed by atoms with Crippen molar-refractivity contribution in [3.8, 4) is 0 Å². The standard InChI is InChI=1S/C20H30O2/c1-7-20(6,22)12-8-9-15(2)10-11-18-16(3)13-17(21)14-19(18,4)5/h7-12,17,21-22H,1,13-14H2,2-6H3. The van der Waals surface area contributed by atoms with Crippen LogP contribution in [0.3, 0.4) is 0 Å². The van der Waals surface area contributed by atoms with Crippen molar-refractivity contribution in [2.45, 2.75) is 59.2 Å². The molecule has 2 nitrogen and oxygen atoms in total. The number of aliphatic hydroxyl groups is 2. The second kappa shape index (κ2) is 7.26. The van der Waals surface area contributed by atoms with E-state index in [0.29, 0.717) is 0 Å². The van der Waals surface area contributed by atoms with Gasteiger partial charge in [-0.05, 0) is 50.7 Å². The first-order valence-corrected chi connectivity index (χ1v) is 7.86. The maximum absolute atomic E-state index is 9.92. The third-order valence-corrected chi connectivity index (χ3v) is 4.20. The molecule has 0 bridgehead atoms. The van der Waals surface area contributed by atoms with Crippen LogP contribution < -0.4 is 0 Å². The lowest BCUT2D eigenvalue weighted by molar-refractivity contribution is 0.116. The molecule has 0 amide bonds. The summed E-state index contributed by atoms with van der Waals surface area (Å²) < 4.78 is 0. The van der Waals surface area contributed by atoms with E-state index in [2.05, 4.69) is 39.5 Å². The molecule has 0 saturated heterocycles. The quantitative estimate of drug-likeness (QED) is 0.580. The van der Waals surface area contributed by atoms with Gasteiger partial charge in [-0.15, -0.1) is 0 Å². The number of aliphatic hydroxyl groups excluding tert-OH is 1. The lowest BCUT2D eigenvalue weighted by Gasteiger charge is -2.35. The van der Waals surface area contributed by atoms with Gasteiger partial charge in [-0.2, -0.15) is 0 Å². The van der Waals surface area contributed by atoms with Crippen molar-refractivity contribution in [3.05, 3.63) is 59.8 Å². The highest BCUT2D eigenvalue weighted by atomic mass is 16.3. The van der Waals surface area contributed by atoms with Crippen LogP contribution in [0.1, 0.15) is 47.5 Å². The topological polar surface area (TPSA) is 40.5 Å². The van der Waals surface area contributed by atoms with E-state index in [9.17, 15) is 10.2 Å². The maximum atomic E-state index is 9.92. The van der Waals surface area contributed by atoms with E-state index in [0.717, 1.165) is 18.4 Å². The molecule has 2 heteroatoms. The van der Waals surface area contributed by atoms with Gasteiger partial charge in [0, 0.05) is 0 Å². The van der Waals surface area contributed by atoms with E-state index in [1.165, 1.54) is 17.2 Å². The minimum Gasteiger partial charge on any atom is -0.393 e. The highest BCUT2D eigenvalue weighted by Crippen LogP contribution is 2.40. The van der Waals surface area contributed by atoms with Gasteiger partial charge in [-0.25, -0.2) is 0 Å². The first-order chi connectivity index (χ1) is 10.1. The number of allylic oxidation sites excluding steroid dienone is 6. The van der Waals surface area contributed by atoms with E-state index in [1.54, 1.807) is 13.0 Å². The number of hydrogen-bond donors (Lipinski definition) is 2. The first-order valence-electron chi connectivity index (χ1n) is 7.86. The Morgan fingerprint density at radius 2 is 2.05 bits per heavy atom. The smallest absolute Gasteiger partial charge is 0.0980 e. The zero-order valence-corrected chi connectivity index (χ0v) is 14.6. The van der Waals surface area contributed by atoms with Gasteiger partial charge >= 0.3 is 0 Å². The van der Waals surface area contributed by atoms with Crippen molar-refractivity contribution in [3.63, 3.8) is 0 Å². The van der Waals surface area contributed by atoms with E-state index in [1.807, 2.05) is 19.1 Å². The monoisotopic (exact) mass is 302 g/mol. The summed E-state index contributed by atoms with van der Waals surface area (Å²) in [5.41, 5.74) is 2.71. The van der Waals surface area contributed by atoms with Crippen LogP contribution in [0.4, 0.5) is 0 Å². The third-order valence-electron chi connectivity index (χ3n) is 4.20. The molecule has 0 aliphatic heterocycles. The van der Waals surface area contributed by atoms with Crippen LogP contribution in [-0.2, 0) is 0 Å². The van der Waals surface area contributed by atoms with Crippen molar-refractivity contribution in [2.24, 2.45) is 5.41 Å². The molecular weight excluding hydrogens is 272 g/mol. The van der Waals surface area contributed by atoms with Crippen LogP contribution in [0.15, 0.2) is 59.8 Å². The maximum Gasteiger partial charge on any atom is 0.0980 e. The fourth-order valence-electron chi connectivity index (χ4n) is 2.91. The van der Waals surface area contributed by atoms with Crippen LogP contribution in [0.25, 0.3) is 0 Å². The molecule has 1 rings (SSSR count). The fourth-order valence-corrected chi connectivity index (χ4v) is 2.91. The third kappa shape index (κ3) is 5.43. The molecule has 1 aliphatic carbocycles. The van der Waals surface area contributed by atoms with Gasteiger partial charge < -0.3 is 10.2 Å². The van der Waals surface area contributed by atoms with Gasteiger partial charge in [0.05, 0.1) is 11.7 Å². The van der Waals surface area contributed by atoms with Gasteiger partial charge in [0.25, 0.3) is 0 Å². The van der Waals surface area contributed by atoms with Crippen LogP contribution in [0.2, 0.25) is 0 Å². The predicted molar refractivity (Wildman–Crippen MR) is 94.6 cm³/mol.